The molecule has 2 aromatic rings. The second-order valence-electron chi connectivity index (χ2n) is 6.90. The summed E-state index contributed by atoms with van der Waals surface area (Å²) in [6.45, 7) is 10.6. The first kappa shape index (κ1) is 23.8. The van der Waals surface area contributed by atoms with Gasteiger partial charge in [-0.15, -0.1) is 35.3 Å². The van der Waals surface area contributed by atoms with Gasteiger partial charge in [0.2, 0.25) is 0 Å². The molecule has 160 valence electrons. The Morgan fingerprint density at radius 1 is 1.14 bits per heavy atom. The number of nitrogens with one attached hydrogen (secondary N) is 2. The molecule has 3 rings (SSSR count). The van der Waals surface area contributed by atoms with Gasteiger partial charge in [-0.2, -0.15) is 0 Å². The number of aliphatic imine (C=N–C) groups is 1. The van der Waals surface area contributed by atoms with Crippen LogP contribution in [0.2, 0.25) is 0 Å². The molecule has 1 aliphatic heterocycles. The Balaban J connectivity index is 0.00000300. The third-order valence-corrected chi connectivity index (χ3v) is 6.00. The Bertz CT molecular complexity index is 787. The standard InChI is InChI=1S/C20H29FN6S.HI/c1-15-19(28-16(2)25-15)14-24-20(22-3)23-8-9-26-10-12-27(13-11-26)18-6-4-17(21)5-7-18;/h4-7H,8-14H2,1-3H3,(H2,22,23,24);1H. The van der Waals surface area contributed by atoms with Gasteiger partial charge in [0.1, 0.15) is 5.82 Å². The van der Waals surface area contributed by atoms with Crippen molar-refractivity contribution in [2.24, 2.45) is 4.99 Å². The molecule has 2 N–H and O–H groups in total. The van der Waals surface area contributed by atoms with Gasteiger partial charge in [-0.1, -0.05) is 0 Å². The number of hydrogen-bond acceptors (Lipinski definition) is 5. The maximum absolute atomic E-state index is 13.1. The molecule has 0 radical (unpaired) electrons. The zero-order chi connectivity index (χ0) is 19.9. The second-order valence-corrected chi connectivity index (χ2v) is 8.19. The molecule has 0 bridgehead atoms. The van der Waals surface area contributed by atoms with E-state index in [2.05, 4.69) is 30.4 Å². The quantitative estimate of drug-likeness (QED) is 0.341. The molecule has 0 atom stereocenters. The van der Waals surface area contributed by atoms with Gasteiger partial charge in [-0.05, 0) is 38.1 Å². The minimum absolute atomic E-state index is 0. The average Bonchev–Trinajstić information content (AvgIpc) is 3.03. The number of thiazole rings is 1. The molecular weight excluding hydrogens is 502 g/mol. The van der Waals surface area contributed by atoms with Gasteiger partial charge >= 0.3 is 0 Å². The number of halogens is 2. The van der Waals surface area contributed by atoms with E-state index in [1.54, 1.807) is 18.4 Å². The Hall–Kier alpha value is -1.46. The SMILES string of the molecule is CN=C(NCCN1CCN(c2ccc(F)cc2)CC1)NCc1sc(C)nc1C.I. The van der Waals surface area contributed by atoms with Crippen LogP contribution in [-0.4, -0.2) is 62.2 Å². The van der Waals surface area contributed by atoms with Gasteiger partial charge in [0, 0.05) is 56.9 Å². The molecule has 1 aliphatic rings. The van der Waals surface area contributed by atoms with Crippen LogP contribution in [0, 0.1) is 19.7 Å². The molecule has 1 aromatic carbocycles. The molecule has 6 nitrogen and oxygen atoms in total. The predicted molar refractivity (Wildman–Crippen MR) is 130 cm³/mol. The van der Waals surface area contributed by atoms with E-state index in [4.69, 9.17) is 0 Å². The zero-order valence-electron chi connectivity index (χ0n) is 17.2. The molecule has 0 spiro atoms. The average molecular weight is 532 g/mol. The van der Waals surface area contributed by atoms with Crippen molar-refractivity contribution < 1.29 is 4.39 Å². The summed E-state index contributed by atoms with van der Waals surface area (Å²) < 4.78 is 13.1. The highest BCUT2D eigenvalue weighted by Gasteiger charge is 2.17. The Labute approximate surface area is 193 Å². The normalized spacial score (nSPS) is 15.2. The minimum atomic E-state index is -0.184. The van der Waals surface area contributed by atoms with Crippen LogP contribution in [0.1, 0.15) is 15.6 Å². The first-order valence-corrected chi connectivity index (χ1v) is 10.5. The Kier molecular flexibility index (Phi) is 9.57. The van der Waals surface area contributed by atoms with Crippen LogP contribution >= 0.6 is 35.3 Å². The van der Waals surface area contributed by atoms with Crippen LogP contribution in [-0.2, 0) is 6.54 Å². The van der Waals surface area contributed by atoms with Crippen LogP contribution in [0.3, 0.4) is 0 Å². The van der Waals surface area contributed by atoms with E-state index in [1.807, 2.05) is 26.0 Å². The molecule has 0 saturated carbocycles. The smallest absolute Gasteiger partial charge is 0.191 e. The van der Waals surface area contributed by atoms with Crippen LogP contribution in [0.5, 0.6) is 0 Å². The lowest BCUT2D eigenvalue weighted by molar-refractivity contribution is 0.261. The lowest BCUT2D eigenvalue weighted by Crippen LogP contribution is -2.49. The van der Waals surface area contributed by atoms with Gasteiger partial charge in [-0.25, -0.2) is 9.37 Å². The largest absolute Gasteiger partial charge is 0.369 e. The summed E-state index contributed by atoms with van der Waals surface area (Å²) in [5, 5.41) is 7.85. The topological polar surface area (TPSA) is 55.8 Å². The van der Waals surface area contributed by atoms with E-state index in [9.17, 15) is 4.39 Å². The third-order valence-electron chi connectivity index (χ3n) is 4.92. The predicted octanol–water partition coefficient (Wildman–Crippen LogP) is 3.00. The highest BCUT2D eigenvalue weighted by molar-refractivity contribution is 14.0. The fourth-order valence-electron chi connectivity index (χ4n) is 3.34. The van der Waals surface area contributed by atoms with Crippen LogP contribution < -0.4 is 15.5 Å². The molecule has 1 fully saturated rings. The summed E-state index contributed by atoms with van der Waals surface area (Å²) in [6.07, 6.45) is 0. The molecule has 29 heavy (non-hydrogen) atoms. The molecular formula is C20H30FIN6S. The highest BCUT2D eigenvalue weighted by atomic mass is 127. The second kappa shape index (κ2) is 11.7. The number of benzene rings is 1. The van der Waals surface area contributed by atoms with Crippen LogP contribution in [0.25, 0.3) is 0 Å². The molecule has 1 aromatic heterocycles. The number of guanidine groups is 1. The molecule has 0 unspecified atom stereocenters. The van der Waals surface area contributed by atoms with E-state index in [0.29, 0.717) is 0 Å². The van der Waals surface area contributed by atoms with E-state index in [0.717, 1.165) is 68.2 Å². The van der Waals surface area contributed by atoms with Crippen LogP contribution in [0.15, 0.2) is 29.3 Å². The van der Waals surface area contributed by atoms with Crippen molar-refractivity contribution >= 4 is 47.0 Å². The van der Waals surface area contributed by atoms with E-state index in [1.165, 1.54) is 17.0 Å². The summed E-state index contributed by atoms with van der Waals surface area (Å²) in [6, 6.07) is 6.77. The summed E-state index contributed by atoms with van der Waals surface area (Å²) >= 11 is 1.72. The van der Waals surface area contributed by atoms with Crippen LogP contribution in [0.4, 0.5) is 10.1 Å². The molecule has 2 heterocycles. The number of aryl methyl sites for hydroxylation is 2. The van der Waals surface area contributed by atoms with Crippen molar-refractivity contribution in [1.29, 1.82) is 0 Å². The van der Waals surface area contributed by atoms with E-state index in [-0.39, 0.29) is 29.8 Å². The number of rotatable bonds is 6. The molecule has 0 amide bonds. The molecule has 0 aliphatic carbocycles. The summed E-state index contributed by atoms with van der Waals surface area (Å²) in [5.74, 6) is 0.631. The molecule has 1 saturated heterocycles. The molecule has 9 heteroatoms. The minimum Gasteiger partial charge on any atom is -0.369 e. The summed E-state index contributed by atoms with van der Waals surface area (Å²) in [4.78, 5) is 14.8. The number of hydrogen-bond donors (Lipinski definition) is 2. The Morgan fingerprint density at radius 3 is 2.41 bits per heavy atom. The van der Waals surface area contributed by atoms with Crippen molar-refractivity contribution in [2.45, 2.75) is 20.4 Å². The number of aromatic nitrogens is 1. The van der Waals surface area contributed by atoms with Crippen molar-refractivity contribution in [1.82, 2.24) is 20.5 Å². The van der Waals surface area contributed by atoms with Gasteiger partial charge < -0.3 is 15.5 Å². The number of piperazine rings is 1. The van der Waals surface area contributed by atoms with Crippen molar-refractivity contribution in [2.75, 3.05) is 51.2 Å². The zero-order valence-corrected chi connectivity index (χ0v) is 20.4. The van der Waals surface area contributed by atoms with Gasteiger partial charge in [0.05, 0.1) is 17.2 Å². The first-order chi connectivity index (χ1) is 13.5. The van der Waals surface area contributed by atoms with E-state index >= 15 is 0 Å². The maximum atomic E-state index is 13.1. The maximum Gasteiger partial charge on any atom is 0.191 e. The van der Waals surface area contributed by atoms with Gasteiger partial charge in [0.25, 0.3) is 0 Å². The fraction of sp³-hybridized carbons (Fsp3) is 0.500. The van der Waals surface area contributed by atoms with Gasteiger partial charge in [0.15, 0.2) is 5.96 Å². The number of nitrogens with zero attached hydrogens (tertiary/aromatic N) is 4. The number of anilines is 1. The summed E-state index contributed by atoms with van der Waals surface area (Å²) in [7, 11) is 1.79. The van der Waals surface area contributed by atoms with Crippen molar-refractivity contribution in [3.63, 3.8) is 0 Å². The highest BCUT2D eigenvalue weighted by Crippen LogP contribution is 2.17. The van der Waals surface area contributed by atoms with Gasteiger partial charge in [-0.3, -0.25) is 9.89 Å². The lowest BCUT2D eigenvalue weighted by Gasteiger charge is -2.36. The van der Waals surface area contributed by atoms with E-state index < -0.39 is 0 Å². The monoisotopic (exact) mass is 532 g/mol. The lowest BCUT2D eigenvalue weighted by atomic mass is 10.2. The Morgan fingerprint density at radius 2 is 1.83 bits per heavy atom. The summed E-state index contributed by atoms with van der Waals surface area (Å²) in [5.41, 5.74) is 2.18. The van der Waals surface area contributed by atoms with Crippen molar-refractivity contribution in [3.8, 4) is 0 Å². The third kappa shape index (κ3) is 7.07. The fourth-order valence-corrected chi connectivity index (χ4v) is 4.21. The van der Waals surface area contributed by atoms with Crippen molar-refractivity contribution in [3.05, 3.63) is 45.7 Å². The first-order valence-electron chi connectivity index (χ1n) is 9.65.